The minimum absolute atomic E-state index is 0.0131. The van der Waals surface area contributed by atoms with E-state index in [1.807, 2.05) is 20.8 Å². The molecule has 0 spiro atoms. The SMILES string of the molecule is CC(C)(C)c1cc(N)c2c(F)c(F)cc(F)c2n1. The van der Waals surface area contributed by atoms with Crippen molar-refractivity contribution in [2.24, 2.45) is 0 Å². The lowest BCUT2D eigenvalue weighted by Crippen LogP contribution is -2.15. The first kappa shape index (κ1) is 12.7. The van der Waals surface area contributed by atoms with Gasteiger partial charge >= 0.3 is 0 Å². The molecule has 2 N–H and O–H groups in total. The van der Waals surface area contributed by atoms with Crippen molar-refractivity contribution in [3.63, 3.8) is 0 Å². The van der Waals surface area contributed by atoms with Crippen LogP contribution in [0, 0.1) is 17.5 Å². The van der Waals surface area contributed by atoms with Crippen LogP contribution in [0.4, 0.5) is 18.9 Å². The van der Waals surface area contributed by atoms with Crippen molar-refractivity contribution in [2.75, 3.05) is 5.73 Å². The van der Waals surface area contributed by atoms with Gasteiger partial charge in [0.05, 0.1) is 5.39 Å². The maximum atomic E-state index is 13.7. The Morgan fingerprint density at radius 1 is 1.06 bits per heavy atom. The number of rotatable bonds is 0. The highest BCUT2D eigenvalue weighted by molar-refractivity contribution is 5.91. The highest BCUT2D eigenvalue weighted by atomic mass is 19.2. The number of hydrogen-bond donors (Lipinski definition) is 1. The van der Waals surface area contributed by atoms with Crippen LogP contribution in [0.1, 0.15) is 26.5 Å². The fourth-order valence-corrected chi connectivity index (χ4v) is 1.71. The van der Waals surface area contributed by atoms with E-state index in [1.165, 1.54) is 6.07 Å². The molecule has 0 aliphatic heterocycles. The highest BCUT2D eigenvalue weighted by Crippen LogP contribution is 2.31. The maximum Gasteiger partial charge on any atom is 0.170 e. The number of nitrogen functional groups attached to an aromatic ring is 1. The molecule has 0 aliphatic rings. The Balaban J connectivity index is 2.91. The van der Waals surface area contributed by atoms with Gasteiger partial charge in [0.25, 0.3) is 0 Å². The molecule has 0 bridgehead atoms. The van der Waals surface area contributed by atoms with Crippen molar-refractivity contribution in [1.82, 2.24) is 4.98 Å². The van der Waals surface area contributed by atoms with Crippen molar-refractivity contribution in [1.29, 1.82) is 0 Å². The van der Waals surface area contributed by atoms with E-state index >= 15 is 0 Å². The van der Waals surface area contributed by atoms with Gasteiger partial charge in [-0.3, -0.25) is 0 Å². The Hall–Kier alpha value is -1.78. The Morgan fingerprint density at radius 3 is 2.22 bits per heavy atom. The zero-order valence-corrected chi connectivity index (χ0v) is 10.3. The minimum Gasteiger partial charge on any atom is -0.398 e. The van der Waals surface area contributed by atoms with Crippen molar-refractivity contribution < 1.29 is 13.2 Å². The second-order valence-corrected chi connectivity index (χ2v) is 5.22. The van der Waals surface area contributed by atoms with E-state index in [0.717, 1.165) is 0 Å². The second kappa shape index (κ2) is 3.86. The number of nitrogens with two attached hydrogens (primary N) is 1. The van der Waals surface area contributed by atoms with Gasteiger partial charge in [0.2, 0.25) is 0 Å². The maximum absolute atomic E-state index is 13.7. The minimum atomic E-state index is -1.27. The highest BCUT2D eigenvalue weighted by Gasteiger charge is 2.21. The van der Waals surface area contributed by atoms with Crippen molar-refractivity contribution >= 4 is 16.6 Å². The predicted molar refractivity (Wildman–Crippen MR) is 64.7 cm³/mol. The van der Waals surface area contributed by atoms with Gasteiger partial charge in [0.15, 0.2) is 17.5 Å². The lowest BCUT2D eigenvalue weighted by atomic mass is 9.90. The molecule has 5 heteroatoms. The summed E-state index contributed by atoms with van der Waals surface area (Å²) in [6.07, 6.45) is 0. The van der Waals surface area contributed by atoms with Crippen LogP contribution in [-0.2, 0) is 5.41 Å². The number of hydrogen-bond acceptors (Lipinski definition) is 2. The fourth-order valence-electron chi connectivity index (χ4n) is 1.71. The Morgan fingerprint density at radius 2 is 1.67 bits per heavy atom. The van der Waals surface area contributed by atoms with Gasteiger partial charge in [-0.2, -0.15) is 0 Å². The molecule has 0 unspecified atom stereocenters. The first-order valence-corrected chi connectivity index (χ1v) is 5.46. The standard InChI is InChI=1S/C13H13F3N2/c1-13(2,3)9-5-8(17)10-11(16)6(14)4-7(15)12(10)18-9/h4-5H,1-3H3,(H2,17,18). The summed E-state index contributed by atoms with van der Waals surface area (Å²) in [5.74, 6) is -3.35. The summed E-state index contributed by atoms with van der Waals surface area (Å²) >= 11 is 0. The average molecular weight is 254 g/mol. The van der Waals surface area contributed by atoms with Gasteiger partial charge in [-0.05, 0) is 6.07 Å². The smallest absolute Gasteiger partial charge is 0.170 e. The Kier molecular flexibility index (Phi) is 2.72. The molecule has 0 saturated carbocycles. The summed E-state index contributed by atoms with van der Waals surface area (Å²) in [4.78, 5) is 4.05. The molecule has 0 radical (unpaired) electrons. The van der Waals surface area contributed by atoms with Crippen LogP contribution in [0.3, 0.4) is 0 Å². The molecule has 1 aromatic heterocycles. The Bertz CT molecular complexity index is 630. The number of anilines is 1. The third-order valence-corrected chi connectivity index (χ3v) is 2.73. The van der Waals surface area contributed by atoms with Crippen LogP contribution >= 0.6 is 0 Å². The summed E-state index contributed by atoms with van der Waals surface area (Å²) in [5.41, 5.74) is 5.59. The number of benzene rings is 1. The van der Waals surface area contributed by atoms with E-state index in [4.69, 9.17) is 5.73 Å². The van der Waals surface area contributed by atoms with E-state index in [2.05, 4.69) is 4.98 Å². The molecular formula is C13H13F3N2. The van der Waals surface area contributed by atoms with Crippen molar-refractivity contribution in [3.8, 4) is 0 Å². The molecule has 0 aliphatic carbocycles. The van der Waals surface area contributed by atoms with Crippen LogP contribution in [0.5, 0.6) is 0 Å². The monoisotopic (exact) mass is 254 g/mol. The van der Waals surface area contributed by atoms with E-state index in [-0.39, 0.29) is 22.0 Å². The molecule has 1 heterocycles. The number of nitrogens with zero attached hydrogens (tertiary/aromatic N) is 1. The number of pyridine rings is 1. The predicted octanol–water partition coefficient (Wildman–Crippen LogP) is 3.53. The second-order valence-electron chi connectivity index (χ2n) is 5.22. The molecule has 1 aromatic carbocycles. The first-order valence-electron chi connectivity index (χ1n) is 5.46. The zero-order valence-electron chi connectivity index (χ0n) is 10.3. The van der Waals surface area contributed by atoms with Crippen LogP contribution < -0.4 is 5.73 Å². The summed E-state index contributed by atoms with van der Waals surface area (Å²) in [6, 6.07) is 1.93. The molecule has 0 fully saturated rings. The first-order chi connectivity index (χ1) is 8.21. The largest absolute Gasteiger partial charge is 0.398 e. The van der Waals surface area contributed by atoms with Gasteiger partial charge in [0, 0.05) is 22.9 Å². The quantitative estimate of drug-likeness (QED) is 0.730. The zero-order chi connectivity index (χ0) is 13.7. The average Bonchev–Trinajstić information content (AvgIpc) is 2.24. The molecule has 2 aromatic rings. The van der Waals surface area contributed by atoms with Crippen LogP contribution in [0.15, 0.2) is 12.1 Å². The Labute approximate surface area is 103 Å². The fraction of sp³-hybridized carbons (Fsp3) is 0.308. The summed E-state index contributed by atoms with van der Waals surface area (Å²) in [7, 11) is 0. The van der Waals surface area contributed by atoms with E-state index in [9.17, 15) is 13.2 Å². The van der Waals surface area contributed by atoms with Gasteiger partial charge in [-0.25, -0.2) is 18.2 Å². The van der Waals surface area contributed by atoms with E-state index < -0.39 is 17.5 Å². The molecule has 96 valence electrons. The van der Waals surface area contributed by atoms with Gasteiger partial charge in [0.1, 0.15) is 5.52 Å². The summed E-state index contributed by atoms with van der Waals surface area (Å²) in [6.45, 7) is 5.62. The van der Waals surface area contributed by atoms with Crippen LogP contribution in [-0.4, -0.2) is 4.98 Å². The molecule has 0 saturated heterocycles. The topological polar surface area (TPSA) is 38.9 Å². The molecule has 2 nitrogen and oxygen atoms in total. The van der Waals surface area contributed by atoms with E-state index in [0.29, 0.717) is 11.8 Å². The lowest BCUT2D eigenvalue weighted by Gasteiger charge is -2.19. The summed E-state index contributed by atoms with van der Waals surface area (Å²) < 4.78 is 40.4. The van der Waals surface area contributed by atoms with Crippen molar-refractivity contribution in [3.05, 3.63) is 35.3 Å². The van der Waals surface area contributed by atoms with E-state index in [1.54, 1.807) is 0 Å². The number of aromatic nitrogens is 1. The third kappa shape index (κ3) is 1.89. The van der Waals surface area contributed by atoms with Gasteiger partial charge in [-0.15, -0.1) is 0 Å². The number of halogens is 3. The van der Waals surface area contributed by atoms with Gasteiger partial charge < -0.3 is 5.73 Å². The molecule has 18 heavy (non-hydrogen) atoms. The third-order valence-electron chi connectivity index (χ3n) is 2.73. The molecule has 0 amide bonds. The summed E-state index contributed by atoms with van der Waals surface area (Å²) in [5, 5.41) is -0.305. The van der Waals surface area contributed by atoms with Gasteiger partial charge in [-0.1, -0.05) is 20.8 Å². The van der Waals surface area contributed by atoms with Crippen molar-refractivity contribution in [2.45, 2.75) is 26.2 Å². The number of fused-ring (bicyclic) bond motifs is 1. The molecule has 2 rings (SSSR count). The molecular weight excluding hydrogens is 241 g/mol. The lowest BCUT2D eigenvalue weighted by molar-refractivity contribution is 0.504. The van der Waals surface area contributed by atoms with Crippen LogP contribution in [0.2, 0.25) is 0 Å². The van der Waals surface area contributed by atoms with Crippen LogP contribution in [0.25, 0.3) is 10.9 Å². The molecule has 0 atom stereocenters. The normalized spacial score (nSPS) is 12.1.